The molecule has 0 unspecified atom stereocenters. The molecule has 2 N–H and O–H groups in total. The predicted octanol–water partition coefficient (Wildman–Crippen LogP) is 1.22. The predicted molar refractivity (Wildman–Crippen MR) is 109 cm³/mol. The Morgan fingerprint density at radius 2 is 2.11 bits per heavy atom. The third-order valence-corrected chi connectivity index (χ3v) is 4.86. The van der Waals surface area contributed by atoms with Crippen molar-refractivity contribution in [2.24, 2.45) is 4.99 Å². The van der Waals surface area contributed by atoms with Gasteiger partial charge in [0.2, 0.25) is 0 Å². The van der Waals surface area contributed by atoms with Gasteiger partial charge in [0.15, 0.2) is 11.8 Å². The molecule has 1 aromatic carbocycles. The van der Waals surface area contributed by atoms with Gasteiger partial charge in [0.1, 0.15) is 5.82 Å². The van der Waals surface area contributed by atoms with Gasteiger partial charge >= 0.3 is 0 Å². The van der Waals surface area contributed by atoms with Crippen molar-refractivity contribution in [3.05, 3.63) is 47.0 Å². The molecule has 1 aliphatic rings. The molecule has 1 amide bonds. The van der Waals surface area contributed by atoms with Crippen molar-refractivity contribution in [3.8, 4) is 0 Å². The SMILES string of the molecule is CN=C(NCCc1cccc(C(=O)N(C)C)c1)NCc1nnc2n1CCCC2. The number of hydrogen-bond donors (Lipinski definition) is 2. The number of fused-ring (bicyclic) bond motifs is 1. The molecular weight excluding hydrogens is 354 g/mol. The van der Waals surface area contributed by atoms with Crippen molar-refractivity contribution >= 4 is 11.9 Å². The van der Waals surface area contributed by atoms with Crippen LogP contribution in [-0.4, -0.2) is 59.2 Å². The molecule has 0 spiro atoms. The molecule has 0 saturated heterocycles. The van der Waals surface area contributed by atoms with Crippen molar-refractivity contribution in [2.45, 2.75) is 38.8 Å². The number of benzene rings is 1. The Labute approximate surface area is 166 Å². The van der Waals surface area contributed by atoms with Crippen molar-refractivity contribution in [2.75, 3.05) is 27.7 Å². The second kappa shape index (κ2) is 9.34. The zero-order chi connectivity index (χ0) is 19.9. The molecule has 0 saturated carbocycles. The summed E-state index contributed by atoms with van der Waals surface area (Å²) in [7, 11) is 5.28. The molecule has 28 heavy (non-hydrogen) atoms. The maximum atomic E-state index is 12.1. The lowest BCUT2D eigenvalue weighted by atomic mass is 10.1. The van der Waals surface area contributed by atoms with E-state index in [1.807, 2.05) is 24.3 Å². The van der Waals surface area contributed by atoms with E-state index in [1.54, 1.807) is 26.0 Å². The fraction of sp³-hybridized carbons (Fsp3) is 0.500. The number of aliphatic imine (C=N–C) groups is 1. The maximum Gasteiger partial charge on any atom is 0.253 e. The van der Waals surface area contributed by atoms with Crippen LogP contribution in [0.15, 0.2) is 29.3 Å². The second-order valence-corrected chi connectivity index (χ2v) is 7.14. The maximum absolute atomic E-state index is 12.1. The summed E-state index contributed by atoms with van der Waals surface area (Å²) in [5.41, 5.74) is 1.82. The molecule has 2 heterocycles. The summed E-state index contributed by atoms with van der Waals surface area (Å²) >= 11 is 0. The van der Waals surface area contributed by atoms with Gasteiger partial charge in [-0.3, -0.25) is 9.79 Å². The van der Waals surface area contributed by atoms with Crippen LogP contribution in [0, 0.1) is 0 Å². The molecule has 0 bridgehead atoms. The van der Waals surface area contributed by atoms with Crippen LogP contribution in [0.3, 0.4) is 0 Å². The molecule has 0 atom stereocenters. The third kappa shape index (κ3) is 4.88. The standard InChI is InChI=1S/C20H29N7O/c1-21-20(23-14-18-25-24-17-9-4-5-12-27(17)18)22-11-10-15-7-6-8-16(13-15)19(28)26(2)3/h6-8,13H,4-5,9-12,14H2,1-3H3,(H2,21,22,23). The van der Waals surface area contributed by atoms with Gasteiger partial charge in [-0.1, -0.05) is 12.1 Å². The fourth-order valence-electron chi connectivity index (χ4n) is 3.33. The first-order valence-corrected chi connectivity index (χ1v) is 9.74. The molecule has 1 aromatic heterocycles. The second-order valence-electron chi connectivity index (χ2n) is 7.14. The quantitative estimate of drug-likeness (QED) is 0.579. The number of guanidine groups is 1. The highest BCUT2D eigenvalue weighted by molar-refractivity contribution is 5.94. The van der Waals surface area contributed by atoms with Gasteiger partial charge in [-0.25, -0.2) is 0 Å². The zero-order valence-electron chi connectivity index (χ0n) is 16.9. The normalized spacial score (nSPS) is 13.8. The van der Waals surface area contributed by atoms with Gasteiger partial charge in [-0.05, 0) is 37.0 Å². The summed E-state index contributed by atoms with van der Waals surface area (Å²) in [6.45, 7) is 2.31. The first-order chi connectivity index (χ1) is 13.6. The Morgan fingerprint density at radius 3 is 2.89 bits per heavy atom. The van der Waals surface area contributed by atoms with Crippen molar-refractivity contribution < 1.29 is 4.79 Å². The van der Waals surface area contributed by atoms with Crippen LogP contribution in [0.1, 0.15) is 40.4 Å². The number of carbonyl (C=O) groups is 1. The van der Waals surface area contributed by atoms with Crippen LogP contribution in [0.25, 0.3) is 0 Å². The Morgan fingerprint density at radius 1 is 1.25 bits per heavy atom. The minimum atomic E-state index is 0.0175. The monoisotopic (exact) mass is 383 g/mol. The lowest BCUT2D eigenvalue weighted by Gasteiger charge is -2.16. The smallest absolute Gasteiger partial charge is 0.253 e. The Hall–Kier alpha value is -2.90. The fourth-order valence-corrected chi connectivity index (χ4v) is 3.33. The number of aryl methyl sites for hydroxylation is 1. The first kappa shape index (κ1) is 19.9. The van der Waals surface area contributed by atoms with E-state index in [9.17, 15) is 4.79 Å². The van der Waals surface area contributed by atoms with Crippen LogP contribution >= 0.6 is 0 Å². The molecule has 3 rings (SSSR count). The van der Waals surface area contributed by atoms with Crippen molar-refractivity contribution in [3.63, 3.8) is 0 Å². The van der Waals surface area contributed by atoms with Crippen LogP contribution in [0.5, 0.6) is 0 Å². The average molecular weight is 384 g/mol. The van der Waals surface area contributed by atoms with Gasteiger partial charge in [0.25, 0.3) is 5.91 Å². The van der Waals surface area contributed by atoms with Crippen LogP contribution in [-0.2, 0) is 25.9 Å². The summed E-state index contributed by atoms with van der Waals surface area (Å²) in [5, 5.41) is 15.2. The summed E-state index contributed by atoms with van der Waals surface area (Å²) in [5.74, 6) is 2.78. The van der Waals surface area contributed by atoms with E-state index in [4.69, 9.17) is 0 Å². The average Bonchev–Trinajstić information content (AvgIpc) is 3.13. The molecule has 1 aliphatic heterocycles. The molecule has 150 valence electrons. The van der Waals surface area contributed by atoms with Crippen LogP contribution in [0.2, 0.25) is 0 Å². The molecule has 2 aromatic rings. The zero-order valence-corrected chi connectivity index (χ0v) is 16.9. The highest BCUT2D eigenvalue weighted by Gasteiger charge is 2.15. The molecule has 8 nitrogen and oxygen atoms in total. The molecule has 0 radical (unpaired) electrons. The highest BCUT2D eigenvalue weighted by atomic mass is 16.2. The number of nitrogens with zero attached hydrogens (tertiary/aromatic N) is 5. The number of amides is 1. The Bertz CT molecular complexity index is 841. The van der Waals surface area contributed by atoms with E-state index in [0.29, 0.717) is 12.1 Å². The molecule has 8 heteroatoms. The first-order valence-electron chi connectivity index (χ1n) is 9.74. The molecular formula is C20H29N7O. The summed E-state index contributed by atoms with van der Waals surface area (Å²) < 4.78 is 2.21. The Kier molecular flexibility index (Phi) is 6.62. The number of nitrogens with one attached hydrogen (secondary N) is 2. The highest BCUT2D eigenvalue weighted by Crippen LogP contribution is 2.14. The molecule has 0 fully saturated rings. The van der Waals surface area contributed by atoms with E-state index < -0.39 is 0 Å². The van der Waals surface area contributed by atoms with Gasteiger partial charge in [0, 0.05) is 46.2 Å². The minimum absolute atomic E-state index is 0.0175. The van der Waals surface area contributed by atoms with Crippen molar-refractivity contribution in [1.29, 1.82) is 0 Å². The number of carbonyl (C=O) groups excluding carboxylic acids is 1. The molecule has 0 aliphatic carbocycles. The minimum Gasteiger partial charge on any atom is -0.356 e. The van der Waals surface area contributed by atoms with Crippen molar-refractivity contribution in [1.82, 2.24) is 30.3 Å². The topological polar surface area (TPSA) is 87.4 Å². The van der Waals surface area contributed by atoms with Gasteiger partial charge in [-0.2, -0.15) is 0 Å². The van der Waals surface area contributed by atoms with E-state index in [2.05, 4.69) is 30.4 Å². The van der Waals surface area contributed by atoms with Crippen LogP contribution in [0.4, 0.5) is 0 Å². The van der Waals surface area contributed by atoms with E-state index >= 15 is 0 Å². The largest absolute Gasteiger partial charge is 0.356 e. The third-order valence-electron chi connectivity index (χ3n) is 4.86. The number of hydrogen-bond acceptors (Lipinski definition) is 4. The number of rotatable bonds is 6. The van der Waals surface area contributed by atoms with E-state index in [0.717, 1.165) is 49.1 Å². The van der Waals surface area contributed by atoms with Gasteiger partial charge in [-0.15, -0.1) is 10.2 Å². The number of aromatic nitrogens is 3. The van der Waals surface area contributed by atoms with Gasteiger partial charge < -0.3 is 20.1 Å². The van der Waals surface area contributed by atoms with Crippen LogP contribution < -0.4 is 10.6 Å². The lowest BCUT2D eigenvalue weighted by molar-refractivity contribution is 0.0827. The lowest BCUT2D eigenvalue weighted by Crippen LogP contribution is -2.38. The van der Waals surface area contributed by atoms with Gasteiger partial charge in [0.05, 0.1) is 6.54 Å². The summed E-state index contributed by atoms with van der Waals surface area (Å²) in [6.07, 6.45) is 4.18. The summed E-state index contributed by atoms with van der Waals surface area (Å²) in [4.78, 5) is 18.0. The van der Waals surface area contributed by atoms with E-state index in [-0.39, 0.29) is 5.91 Å². The van der Waals surface area contributed by atoms with E-state index in [1.165, 1.54) is 12.8 Å². The summed E-state index contributed by atoms with van der Waals surface area (Å²) in [6, 6.07) is 7.75. The Balaban J connectivity index is 1.49.